The van der Waals surface area contributed by atoms with Gasteiger partial charge in [0, 0.05) is 32.0 Å². The molecule has 3 heterocycles. The van der Waals surface area contributed by atoms with E-state index >= 15 is 0 Å². The average Bonchev–Trinajstić information content (AvgIpc) is 3.01. The van der Waals surface area contributed by atoms with Crippen LogP contribution < -0.4 is 0 Å². The zero-order valence-electron chi connectivity index (χ0n) is 12.7. The van der Waals surface area contributed by atoms with Gasteiger partial charge in [-0.25, -0.2) is 0 Å². The maximum absolute atomic E-state index is 12.4. The van der Waals surface area contributed by atoms with Crippen molar-refractivity contribution in [3.63, 3.8) is 0 Å². The molecular weight excluding hydrogens is 262 g/mol. The molecule has 1 aromatic heterocycles. The van der Waals surface area contributed by atoms with Crippen molar-refractivity contribution in [2.24, 2.45) is 5.92 Å². The summed E-state index contributed by atoms with van der Waals surface area (Å²) in [6.45, 7) is 5.56. The van der Waals surface area contributed by atoms with E-state index < -0.39 is 0 Å². The number of hydrogen-bond acceptors (Lipinski definition) is 3. The maximum atomic E-state index is 12.4. The van der Waals surface area contributed by atoms with E-state index in [-0.39, 0.29) is 5.91 Å². The van der Waals surface area contributed by atoms with Gasteiger partial charge in [-0.05, 0) is 62.4 Å². The number of hydrogen-bond donors (Lipinski definition) is 0. The Hall–Kier alpha value is -1.42. The van der Waals surface area contributed by atoms with Crippen LogP contribution in [0.4, 0.5) is 0 Å². The number of carbonyl (C=O) groups excluding carboxylic acids is 1. The van der Waals surface area contributed by atoms with Crippen LogP contribution in [0.5, 0.6) is 0 Å². The Kier molecular flexibility index (Phi) is 4.86. The molecule has 114 valence electrons. The van der Waals surface area contributed by atoms with Crippen molar-refractivity contribution < 1.29 is 4.79 Å². The summed E-state index contributed by atoms with van der Waals surface area (Å²) in [4.78, 5) is 21.1. The highest BCUT2D eigenvalue weighted by Gasteiger charge is 2.25. The molecule has 0 radical (unpaired) electrons. The average molecular weight is 287 g/mol. The fraction of sp³-hybridized carbons (Fsp3) is 0.647. The highest BCUT2D eigenvalue weighted by Crippen LogP contribution is 2.20. The molecule has 1 atom stereocenters. The topological polar surface area (TPSA) is 36.4 Å². The first-order valence-electron chi connectivity index (χ1n) is 8.20. The molecule has 0 N–H and O–H groups in total. The molecule has 0 spiro atoms. The first kappa shape index (κ1) is 14.5. The molecule has 1 amide bonds. The van der Waals surface area contributed by atoms with Crippen LogP contribution in [-0.4, -0.2) is 53.4 Å². The van der Waals surface area contributed by atoms with Crippen molar-refractivity contribution in [1.29, 1.82) is 0 Å². The van der Waals surface area contributed by atoms with Crippen molar-refractivity contribution >= 4 is 5.91 Å². The fourth-order valence-electron chi connectivity index (χ4n) is 3.56. The van der Waals surface area contributed by atoms with Crippen molar-refractivity contribution in [2.75, 3.05) is 32.7 Å². The van der Waals surface area contributed by atoms with Gasteiger partial charge in [-0.15, -0.1) is 0 Å². The van der Waals surface area contributed by atoms with E-state index in [0.29, 0.717) is 12.3 Å². The summed E-state index contributed by atoms with van der Waals surface area (Å²) in [5.74, 6) is 0.936. The van der Waals surface area contributed by atoms with Gasteiger partial charge < -0.3 is 9.80 Å². The lowest BCUT2D eigenvalue weighted by atomic mass is 9.97. The summed E-state index contributed by atoms with van der Waals surface area (Å²) in [6, 6.07) is 3.87. The molecule has 2 aliphatic heterocycles. The van der Waals surface area contributed by atoms with Crippen LogP contribution >= 0.6 is 0 Å². The van der Waals surface area contributed by atoms with Crippen LogP contribution in [-0.2, 0) is 11.2 Å². The predicted octanol–water partition coefficient (Wildman–Crippen LogP) is 1.96. The van der Waals surface area contributed by atoms with E-state index in [2.05, 4.69) is 14.8 Å². The van der Waals surface area contributed by atoms with Crippen LogP contribution in [0.15, 0.2) is 24.5 Å². The Bertz CT molecular complexity index is 456. The number of piperidine rings is 1. The number of rotatable bonds is 4. The smallest absolute Gasteiger partial charge is 0.227 e. The maximum Gasteiger partial charge on any atom is 0.227 e. The molecule has 3 rings (SSSR count). The highest BCUT2D eigenvalue weighted by molar-refractivity contribution is 5.78. The normalized spacial score (nSPS) is 23.4. The lowest BCUT2D eigenvalue weighted by Crippen LogP contribution is -2.43. The summed E-state index contributed by atoms with van der Waals surface area (Å²) in [6.07, 6.45) is 9.15. The summed E-state index contributed by atoms with van der Waals surface area (Å²) in [5.41, 5.74) is 1.07. The Balaban J connectivity index is 1.51. The third-order valence-corrected chi connectivity index (χ3v) is 4.69. The molecule has 1 aromatic rings. The SMILES string of the molecule is O=C(Cc1ccncc1)N1CCCC(CN2CCCC2)C1. The molecule has 0 aliphatic carbocycles. The van der Waals surface area contributed by atoms with Crippen LogP contribution in [0.3, 0.4) is 0 Å². The van der Waals surface area contributed by atoms with E-state index in [1.165, 1.54) is 38.9 Å². The van der Waals surface area contributed by atoms with Gasteiger partial charge >= 0.3 is 0 Å². The summed E-state index contributed by atoms with van der Waals surface area (Å²) in [5, 5.41) is 0. The van der Waals surface area contributed by atoms with E-state index in [1.54, 1.807) is 12.4 Å². The molecule has 4 nitrogen and oxygen atoms in total. The number of likely N-dealkylation sites (tertiary alicyclic amines) is 2. The summed E-state index contributed by atoms with van der Waals surface area (Å²) >= 11 is 0. The Morgan fingerprint density at radius 3 is 2.67 bits per heavy atom. The molecule has 1 unspecified atom stereocenters. The van der Waals surface area contributed by atoms with E-state index in [0.717, 1.165) is 25.1 Å². The second-order valence-electron chi connectivity index (χ2n) is 6.39. The van der Waals surface area contributed by atoms with Crippen LogP contribution in [0.2, 0.25) is 0 Å². The van der Waals surface area contributed by atoms with E-state index in [9.17, 15) is 4.79 Å². The Morgan fingerprint density at radius 1 is 1.14 bits per heavy atom. The minimum absolute atomic E-state index is 0.271. The second kappa shape index (κ2) is 7.03. The molecule has 0 saturated carbocycles. The lowest BCUT2D eigenvalue weighted by Gasteiger charge is -2.34. The van der Waals surface area contributed by atoms with E-state index in [1.807, 2.05) is 12.1 Å². The molecule has 2 fully saturated rings. The Labute approximate surface area is 127 Å². The van der Waals surface area contributed by atoms with Gasteiger partial charge in [-0.3, -0.25) is 9.78 Å². The number of amides is 1. The monoisotopic (exact) mass is 287 g/mol. The molecule has 4 heteroatoms. The first-order chi connectivity index (χ1) is 10.3. The lowest BCUT2D eigenvalue weighted by molar-refractivity contribution is -0.132. The third kappa shape index (κ3) is 4.03. The molecule has 0 aromatic carbocycles. The predicted molar refractivity (Wildman–Crippen MR) is 82.9 cm³/mol. The molecule has 21 heavy (non-hydrogen) atoms. The fourth-order valence-corrected chi connectivity index (χ4v) is 3.56. The molecule has 2 saturated heterocycles. The largest absolute Gasteiger partial charge is 0.342 e. The van der Waals surface area contributed by atoms with E-state index in [4.69, 9.17) is 0 Å². The van der Waals surface area contributed by atoms with Gasteiger partial charge in [-0.1, -0.05) is 0 Å². The van der Waals surface area contributed by atoms with Crippen molar-refractivity contribution in [1.82, 2.24) is 14.8 Å². The van der Waals surface area contributed by atoms with Crippen LogP contribution in [0.25, 0.3) is 0 Å². The minimum Gasteiger partial charge on any atom is -0.342 e. The van der Waals surface area contributed by atoms with Gasteiger partial charge in [0.2, 0.25) is 5.91 Å². The Morgan fingerprint density at radius 2 is 1.90 bits per heavy atom. The summed E-state index contributed by atoms with van der Waals surface area (Å²) in [7, 11) is 0. The van der Waals surface area contributed by atoms with Gasteiger partial charge in [-0.2, -0.15) is 0 Å². The molecular formula is C17H25N3O. The zero-order chi connectivity index (χ0) is 14.5. The van der Waals surface area contributed by atoms with Crippen molar-refractivity contribution in [2.45, 2.75) is 32.1 Å². The standard InChI is InChI=1S/C17H25N3O/c21-17(12-15-5-7-18-8-6-15)20-11-3-4-16(14-20)13-19-9-1-2-10-19/h5-8,16H,1-4,9-14H2. The van der Waals surface area contributed by atoms with Crippen molar-refractivity contribution in [3.8, 4) is 0 Å². The van der Waals surface area contributed by atoms with Crippen LogP contribution in [0, 0.1) is 5.92 Å². The summed E-state index contributed by atoms with van der Waals surface area (Å²) < 4.78 is 0. The number of carbonyl (C=O) groups is 1. The number of nitrogens with zero attached hydrogens (tertiary/aromatic N) is 3. The zero-order valence-corrected chi connectivity index (χ0v) is 12.7. The third-order valence-electron chi connectivity index (χ3n) is 4.69. The van der Waals surface area contributed by atoms with Gasteiger partial charge in [0.15, 0.2) is 0 Å². The number of aromatic nitrogens is 1. The van der Waals surface area contributed by atoms with Gasteiger partial charge in [0.1, 0.15) is 0 Å². The van der Waals surface area contributed by atoms with Crippen molar-refractivity contribution in [3.05, 3.63) is 30.1 Å². The molecule has 0 bridgehead atoms. The van der Waals surface area contributed by atoms with Crippen LogP contribution in [0.1, 0.15) is 31.2 Å². The minimum atomic E-state index is 0.271. The highest BCUT2D eigenvalue weighted by atomic mass is 16.2. The quantitative estimate of drug-likeness (QED) is 0.849. The van der Waals surface area contributed by atoms with Gasteiger partial charge in [0.25, 0.3) is 0 Å². The second-order valence-corrected chi connectivity index (χ2v) is 6.39. The van der Waals surface area contributed by atoms with Gasteiger partial charge in [0.05, 0.1) is 6.42 Å². The number of pyridine rings is 1. The first-order valence-corrected chi connectivity index (χ1v) is 8.20. The molecule has 2 aliphatic rings.